The summed E-state index contributed by atoms with van der Waals surface area (Å²) < 4.78 is 40.3. The quantitative estimate of drug-likeness (QED) is 0.671. The van der Waals surface area contributed by atoms with Crippen LogP contribution in [-0.2, 0) is 4.74 Å². The summed E-state index contributed by atoms with van der Waals surface area (Å²) in [5.41, 5.74) is -1.03. The predicted molar refractivity (Wildman–Crippen MR) is 111 cm³/mol. The normalized spacial score (nSPS) is 18.4. The Morgan fingerprint density at radius 1 is 1.31 bits per heavy atom. The van der Waals surface area contributed by atoms with Crippen molar-refractivity contribution >= 4 is 17.7 Å². The van der Waals surface area contributed by atoms with E-state index in [0.717, 1.165) is 0 Å². The van der Waals surface area contributed by atoms with Gasteiger partial charge in [0, 0.05) is 31.0 Å². The van der Waals surface area contributed by atoms with Gasteiger partial charge in [0.25, 0.3) is 0 Å². The molecule has 0 radical (unpaired) electrons. The van der Waals surface area contributed by atoms with Gasteiger partial charge < -0.3 is 24.4 Å². The van der Waals surface area contributed by atoms with E-state index in [1.54, 1.807) is 4.90 Å². The fourth-order valence-corrected chi connectivity index (χ4v) is 3.39. The zero-order chi connectivity index (χ0) is 23.5. The third-order valence-corrected chi connectivity index (χ3v) is 4.67. The highest BCUT2D eigenvalue weighted by Gasteiger charge is 2.40. The molecule has 2 aromatic heterocycles. The summed E-state index contributed by atoms with van der Waals surface area (Å²) in [4.78, 5) is 22.7. The summed E-state index contributed by atoms with van der Waals surface area (Å²) in [5, 5.41) is 9.01. The Hall–Kier alpha value is -3.18. The highest BCUT2D eigenvalue weighted by molar-refractivity contribution is 5.69. The van der Waals surface area contributed by atoms with Crippen LogP contribution in [0, 0.1) is 0 Å². The van der Waals surface area contributed by atoms with Gasteiger partial charge in [-0.25, -0.2) is 9.89 Å². The van der Waals surface area contributed by atoms with Crippen molar-refractivity contribution in [1.29, 1.82) is 0 Å². The van der Waals surface area contributed by atoms with Crippen molar-refractivity contribution in [3.05, 3.63) is 18.5 Å². The smallest absolute Gasteiger partial charge is 0.410 e. The molecule has 1 aliphatic heterocycles. The Bertz CT molecular complexity index is 931. The van der Waals surface area contributed by atoms with Crippen molar-refractivity contribution in [3.8, 4) is 11.8 Å². The van der Waals surface area contributed by atoms with Crippen LogP contribution in [0.1, 0.15) is 47.5 Å². The van der Waals surface area contributed by atoms with Gasteiger partial charge in [0.2, 0.25) is 11.8 Å². The van der Waals surface area contributed by atoms with E-state index in [1.807, 2.05) is 34.6 Å². The third kappa shape index (κ3) is 6.41. The third-order valence-electron chi connectivity index (χ3n) is 4.67. The van der Waals surface area contributed by atoms with E-state index in [0.29, 0.717) is 31.1 Å². The number of hydrogen-bond donors (Lipinski definition) is 2. The number of nitrogens with one attached hydrogen (secondary N) is 2. The largest absolute Gasteiger partial charge is 0.473 e. The molecule has 1 amide bonds. The molecule has 0 saturated carbocycles. The van der Waals surface area contributed by atoms with Gasteiger partial charge >= 0.3 is 12.7 Å². The number of carbonyl (C=O) groups excluding carboxylic acids is 1. The maximum Gasteiger partial charge on any atom is 0.410 e. The molecule has 0 spiro atoms. The Kier molecular flexibility index (Phi) is 6.70. The van der Waals surface area contributed by atoms with E-state index >= 15 is 0 Å². The minimum absolute atomic E-state index is 0.176. The van der Waals surface area contributed by atoms with E-state index < -0.39 is 17.8 Å². The standard InChI is InChI=1S/C20H28F2N6O4/c1-19(2,3)32-18(29)28-7-6-12(9-20(28,4)5)30-16-11-23-10-14(25-16)24-13-8-15(27-26-13)31-17(21)22/h8,10-12,17H,6-7,9H2,1-5H3,(H2,24,25,26,27). The van der Waals surface area contributed by atoms with Crippen LogP contribution in [0.25, 0.3) is 0 Å². The number of aromatic amines is 1. The molecule has 1 unspecified atom stereocenters. The Labute approximate surface area is 184 Å². The van der Waals surface area contributed by atoms with Crippen LogP contribution in [0.2, 0.25) is 0 Å². The number of H-pyrrole nitrogens is 1. The number of nitrogens with zero attached hydrogens (tertiary/aromatic N) is 4. The number of ether oxygens (including phenoxy) is 3. The predicted octanol–water partition coefficient (Wildman–Crippen LogP) is 4.10. The van der Waals surface area contributed by atoms with Crippen molar-refractivity contribution in [3.63, 3.8) is 0 Å². The van der Waals surface area contributed by atoms with Gasteiger partial charge in [0.1, 0.15) is 11.7 Å². The lowest BCUT2D eigenvalue weighted by atomic mass is 9.89. The Balaban J connectivity index is 1.60. The molecule has 0 aromatic carbocycles. The summed E-state index contributed by atoms with van der Waals surface area (Å²) in [6.07, 6.45) is 3.60. The van der Waals surface area contributed by atoms with Crippen LogP contribution in [0.4, 0.5) is 25.2 Å². The second-order valence-corrected chi connectivity index (χ2v) is 9.04. The van der Waals surface area contributed by atoms with Crippen LogP contribution >= 0.6 is 0 Å². The van der Waals surface area contributed by atoms with Crippen molar-refractivity contribution < 1.29 is 27.8 Å². The minimum Gasteiger partial charge on any atom is -0.473 e. The number of halogens is 2. The molecule has 2 N–H and O–H groups in total. The summed E-state index contributed by atoms with van der Waals surface area (Å²) in [5.74, 6) is 0.671. The summed E-state index contributed by atoms with van der Waals surface area (Å²) >= 11 is 0. The summed E-state index contributed by atoms with van der Waals surface area (Å²) in [6, 6.07) is 1.27. The first kappa shape index (κ1) is 23.5. The highest BCUT2D eigenvalue weighted by atomic mass is 19.3. The van der Waals surface area contributed by atoms with E-state index in [4.69, 9.17) is 9.47 Å². The first-order valence-electron chi connectivity index (χ1n) is 10.2. The molecule has 3 heterocycles. The lowest BCUT2D eigenvalue weighted by Crippen LogP contribution is -2.56. The van der Waals surface area contributed by atoms with E-state index in [-0.39, 0.29) is 23.9 Å². The lowest BCUT2D eigenvalue weighted by molar-refractivity contribution is -0.0529. The maximum absolute atomic E-state index is 12.5. The van der Waals surface area contributed by atoms with Crippen molar-refractivity contribution in [2.45, 2.75) is 71.3 Å². The van der Waals surface area contributed by atoms with E-state index in [2.05, 4.69) is 30.2 Å². The van der Waals surface area contributed by atoms with Gasteiger partial charge in [-0.3, -0.25) is 4.98 Å². The molecule has 3 rings (SSSR count). The average molecular weight is 454 g/mol. The molecular weight excluding hydrogens is 426 g/mol. The molecule has 1 fully saturated rings. The SMILES string of the molecule is CC(C)(C)OC(=O)N1CCC(Oc2cncc(Nc3cc(OC(F)F)[nH]n3)n2)CC1(C)C. The van der Waals surface area contributed by atoms with Crippen LogP contribution in [-0.4, -0.2) is 61.6 Å². The first-order chi connectivity index (χ1) is 14.9. The average Bonchev–Trinajstić information content (AvgIpc) is 3.05. The van der Waals surface area contributed by atoms with Gasteiger partial charge in [0.05, 0.1) is 12.4 Å². The first-order valence-corrected chi connectivity index (χ1v) is 10.2. The number of aromatic nitrogens is 4. The summed E-state index contributed by atoms with van der Waals surface area (Å²) in [7, 11) is 0. The van der Waals surface area contributed by atoms with E-state index in [9.17, 15) is 13.6 Å². The second-order valence-electron chi connectivity index (χ2n) is 9.04. The zero-order valence-corrected chi connectivity index (χ0v) is 18.7. The topological polar surface area (TPSA) is 114 Å². The molecule has 1 atom stereocenters. The van der Waals surface area contributed by atoms with Gasteiger partial charge in [-0.1, -0.05) is 0 Å². The van der Waals surface area contributed by atoms with Gasteiger partial charge in [-0.2, -0.15) is 18.9 Å². The highest BCUT2D eigenvalue weighted by Crippen LogP contribution is 2.31. The molecule has 1 saturated heterocycles. The van der Waals surface area contributed by atoms with Crippen LogP contribution in [0.3, 0.4) is 0 Å². The van der Waals surface area contributed by atoms with E-state index in [1.165, 1.54) is 18.5 Å². The molecule has 2 aromatic rings. The number of rotatable bonds is 6. The number of amides is 1. The molecule has 0 aliphatic carbocycles. The fourth-order valence-electron chi connectivity index (χ4n) is 3.39. The number of anilines is 2. The van der Waals surface area contributed by atoms with Gasteiger partial charge in [-0.05, 0) is 34.6 Å². The number of likely N-dealkylation sites (tertiary alicyclic amines) is 1. The van der Waals surface area contributed by atoms with Crippen LogP contribution in [0.15, 0.2) is 18.5 Å². The number of hydrogen-bond acceptors (Lipinski definition) is 8. The van der Waals surface area contributed by atoms with Gasteiger partial charge in [0.15, 0.2) is 11.6 Å². The molecule has 10 nitrogen and oxygen atoms in total. The van der Waals surface area contributed by atoms with Crippen molar-refractivity contribution in [2.75, 3.05) is 11.9 Å². The number of piperidine rings is 1. The Morgan fingerprint density at radius 3 is 2.72 bits per heavy atom. The van der Waals surface area contributed by atoms with Crippen LogP contribution < -0.4 is 14.8 Å². The minimum atomic E-state index is -2.95. The van der Waals surface area contributed by atoms with Crippen molar-refractivity contribution in [2.24, 2.45) is 0 Å². The second kappa shape index (κ2) is 9.13. The molecule has 176 valence electrons. The van der Waals surface area contributed by atoms with Crippen LogP contribution in [0.5, 0.6) is 11.8 Å². The maximum atomic E-state index is 12.5. The number of carbonyl (C=O) groups is 1. The number of alkyl halides is 2. The molecule has 12 heteroatoms. The molecule has 0 bridgehead atoms. The molecular formula is C20H28F2N6O4. The lowest BCUT2D eigenvalue weighted by Gasteiger charge is -2.45. The Morgan fingerprint density at radius 2 is 2.06 bits per heavy atom. The molecule has 32 heavy (non-hydrogen) atoms. The fraction of sp³-hybridized carbons (Fsp3) is 0.600. The van der Waals surface area contributed by atoms with Crippen molar-refractivity contribution in [1.82, 2.24) is 25.1 Å². The van der Waals surface area contributed by atoms with Gasteiger partial charge in [-0.15, -0.1) is 0 Å². The monoisotopic (exact) mass is 454 g/mol. The summed E-state index contributed by atoms with van der Waals surface area (Å²) in [6.45, 7) is 6.97. The molecule has 1 aliphatic rings. The zero-order valence-electron chi connectivity index (χ0n) is 18.7.